The summed E-state index contributed by atoms with van der Waals surface area (Å²) in [5.74, 6) is 1.55. The number of nitrogens with one attached hydrogen (secondary N) is 1. The molecule has 1 saturated carbocycles. The van der Waals surface area contributed by atoms with Gasteiger partial charge in [-0.15, -0.1) is 0 Å². The summed E-state index contributed by atoms with van der Waals surface area (Å²) in [7, 11) is 0. The maximum Gasteiger partial charge on any atom is 0.0348 e. The van der Waals surface area contributed by atoms with Gasteiger partial charge in [0.1, 0.15) is 0 Å². The van der Waals surface area contributed by atoms with Gasteiger partial charge in [0.25, 0.3) is 0 Å². The van der Waals surface area contributed by atoms with E-state index in [1.807, 2.05) is 0 Å². The molecule has 0 aromatic heterocycles. The molecule has 2 unspecified atom stereocenters. The van der Waals surface area contributed by atoms with E-state index in [4.69, 9.17) is 0 Å². The molecule has 0 bridgehead atoms. The molecule has 1 nitrogen and oxygen atoms in total. The van der Waals surface area contributed by atoms with Crippen molar-refractivity contribution in [3.05, 3.63) is 35.4 Å². The maximum absolute atomic E-state index is 3.82. The van der Waals surface area contributed by atoms with Crippen LogP contribution < -0.4 is 5.32 Å². The first-order valence-corrected chi connectivity index (χ1v) is 7.68. The fraction of sp³-hybridized carbons (Fsp3) is 0.667. The second-order valence-corrected chi connectivity index (χ2v) is 7.40. The van der Waals surface area contributed by atoms with Crippen molar-refractivity contribution in [2.45, 2.75) is 53.5 Å². The molecule has 0 spiro atoms. The summed E-state index contributed by atoms with van der Waals surface area (Å²) >= 11 is 0. The highest BCUT2D eigenvalue weighted by atomic mass is 14.9. The lowest BCUT2D eigenvalue weighted by Gasteiger charge is -2.30. The molecule has 2 rings (SSSR count). The monoisotopic (exact) mass is 259 g/mol. The van der Waals surface area contributed by atoms with Crippen molar-refractivity contribution in [1.82, 2.24) is 5.32 Å². The zero-order valence-electron chi connectivity index (χ0n) is 13.2. The van der Waals surface area contributed by atoms with Crippen molar-refractivity contribution in [2.24, 2.45) is 17.3 Å². The maximum atomic E-state index is 3.82. The molecule has 106 valence electrons. The second kappa shape index (κ2) is 5.66. The minimum absolute atomic E-state index is 0.383. The average molecular weight is 259 g/mol. The van der Waals surface area contributed by atoms with E-state index < -0.39 is 0 Å². The predicted octanol–water partition coefficient (Wildman–Crippen LogP) is 4.72. The van der Waals surface area contributed by atoms with Crippen LogP contribution in [0, 0.1) is 24.2 Å². The van der Waals surface area contributed by atoms with Gasteiger partial charge < -0.3 is 5.32 Å². The van der Waals surface area contributed by atoms with E-state index >= 15 is 0 Å². The lowest BCUT2D eigenvalue weighted by molar-refractivity contribution is 0.242. The van der Waals surface area contributed by atoms with Crippen molar-refractivity contribution >= 4 is 0 Å². The van der Waals surface area contributed by atoms with Gasteiger partial charge >= 0.3 is 0 Å². The van der Waals surface area contributed by atoms with Crippen LogP contribution in [0.5, 0.6) is 0 Å². The Morgan fingerprint density at radius 1 is 1.16 bits per heavy atom. The Labute approximate surface area is 118 Å². The molecule has 1 N–H and O–H groups in total. The van der Waals surface area contributed by atoms with E-state index in [0.717, 1.165) is 12.5 Å². The van der Waals surface area contributed by atoms with Crippen LogP contribution in [0.4, 0.5) is 0 Å². The molecule has 0 amide bonds. The highest BCUT2D eigenvalue weighted by Crippen LogP contribution is 2.41. The van der Waals surface area contributed by atoms with Crippen LogP contribution >= 0.6 is 0 Å². The average Bonchev–Trinajstić information content (AvgIpc) is 3.14. The summed E-state index contributed by atoms with van der Waals surface area (Å²) in [6.07, 6.45) is 2.77. The Hall–Kier alpha value is -0.820. The molecule has 0 radical (unpaired) electrons. The van der Waals surface area contributed by atoms with Crippen LogP contribution in [0.1, 0.15) is 57.7 Å². The Morgan fingerprint density at radius 2 is 1.74 bits per heavy atom. The SMILES string of the molecule is Cc1ccc(C(NCC(C)C(C)(C)C)C2CC2)cc1. The van der Waals surface area contributed by atoms with Crippen molar-refractivity contribution in [1.29, 1.82) is 0 Å². The van der Waals surface area contributed by atoms with Crippen molar-refractivity contribution in [3.63, 3.8) is 0 Å². The first-order valence-electron chi connectivity index (χ1n) is 7.68. The third-order valence-electron chi connectivity index (χ3n) is 4.65. The largest absolute Gasteiger partial charge is 0.309 e. The van der Waals surface area contributed by atoms with Gasteiger partial charge in [-0.1, -0.05) is 57.5 Å². The van der Waals surface area contributed by atoms with E-state index in [1.54, 1.807) is 0 Å². The molecule has 1 aliphatic carbocycles. The topological polar surface area (TPSA) is 12.0 Å². The lowest BCUT2D eigenvalue weighted by Crippen LogP contribution is -2.33. The van der Waals surface area contributed by atoms with E-state index in [1.165, 1.54) is 24.0 Å². The van der Waals surface area contributed by atoms with Gasteiger partial charge in [-0.25, -0.2) is 0 Å². The normalized spacial score (nSPS) is 19.2. The van der Waals surface area contributed by atoms with Gasteiger partial charge in [0.05, 0.1) is 0 Å². The number of hydrogen-bond acceptors (Lipinski definition) is 1. The van der Waals surface area contributed by atoms with Crippen LogP contribution in [0.25, 0.3) is 0 Å². The molecule has 0 saturated heterocycles. The molecular formula is C18H29N. The minimum atomic E-state index is 0.383. The molecule has 19 heavy (non-hydrogen) atoms. The summed E-state index contributed by atoms with van der Waals surface area (Å²) in [6, 6.07) is 9.63. The highest BCUT2D eigenvalue weighted by molar-refractivity contribution is 5.25. The Balaban J connectivity index is 1.99. The van der Waals surface area contributed by atoms with Crippen LogP contribution in [0.2, 0.25) is 0 Å². The fourth-order valence-corrected chi connectivity index (χ4v) is 2.37. The van der Waals surface area contributed by atoms with Crippen LogP contribution in [0.15, 0.2) is 24.3 Å². The molecule has 2 atom stereocenters. The lowest BCUT2D eigenvalue weighted by atomic mass is 9.82. The molecule has 1 fully saturated rings. The van der Waals surface area contributed by atoms with Gasteiger partial charge in [-0.3, -0.25) is 0 Å². The number of rotatable bonds is 5. The summed E-state index contributed by atoms with van der Waals surface area (Å²) in [5.41, 5.74) is 3.20. The Kier molecular flexibility index (Phi) is 4.35. The zero-order valence-corrected chi connectivity index (χ0v) is 13.2. The van der Waals surface area contributed by atoms with Gasteiger partial charge in [0, 0.05) is 6.04 Å². The highest BCUT2D eigenvalue weighted by Gasteiger charge is 2.32. The summed E-state index contributed by atoms with van der Waals surface area (Å²) in [5, 5.41) is 3.82. The third-order valence-corrected chi connectivity index (χ3v) is 4.65. The van der Waals surface area contributed by atoms with Gasteiger partial charge in [0.2, 0.25) is 0 Å². The van der Waals surface area contributed by atoms with Crippen LogP contribution in [0.3, 0.4) is 0 Å². The van der Waals surface area contributed by atoms with Crippen molar-refractivity contribution < 1.29 is 0 Å². The summed E-state index contributed by atoms with van der Waals surface area (Å²) in [4.78, 5) is 0. The zero-order chi connectivity index (χ0) is 14.0. The molecule has 1 heteroatoms. The number of aryl methyl sites for hydroxylation is 1. The molecule has 1 aliphatic rings. The van der Waals surface area contributed by atoms with E-state index in [-0.39, 0.29) is 0 Å². The van der Waals surface area contributed by atoms with E-state index in [9.17, 15) is 0 Å². The number of hydrogen-bond donors (Lipinski definition) is 1. The smallest absolute Gasteiger partial charge is 0.0348 e. The van der Waals surface area contributed by atoms with Crippen molar-refractivity contribution in [2.75, 3.05) is 6.54 Å². The van der Waals surface area contributed by atoms with Crippen LogP contribution in [-0.2, 0) is 0 Å². The Bertz CT molecular complexity index is 395. The Morgan fingerprint density at radius 3 is 2.21 bits per heavy atom. The third kappa shape index (κ3) is 4.07. The molecule has 0 heterocycles. The summed E-state index contributed by atoms with van der Waals surface area (Å²) < 4.78 is 0. The second-order valence-electron chi connectivity index (χ2n) is 7.40. The van der Waals surface area contributed by atoms with Crippen LogP contribution in [-0.4, -0.2) is 6.54 Å². The van der Waals surface area contributed by atoms with Gasteiger partial charge in [-0.05, 0) is 49.1 Å². The van der Waals surface area contributed by atoms with Crippen molar-refractivity contribution in [3.8, 4) is 0 Å². The van der Waals surface area contributed by atoms with Gasteiger partial charge in [-0.2, -0.15) is 0 Å². The van der Waals surface area contributed by atoms with Gasteiger partial charge in [0.15, 0.2) is 0 Å². The number of benzene rings is 1. The summed E-state index contributed by atoms with van der Waals surface area (Å²) in [6.45, 7) is 12.6. The fourth-order valence-electron chi connectivity index (χ4n) is 2.37. The van der Waals surface area contributed by atoms with E-state index in [0.29, 0.717) is 17.4 Å². The molecule has 1 aromatic carbocycles. The standard InChI is InChI=1S/C18H29N/c1-13-6-8-15(9-7-13)17(16-10-11-16)19-12-14(2)18(3,4)5/h6-9,14,16-17,19H,10-12H2,1-5H3. The molecule has 1 aromatic rings. The predicted molar refractivity (Wildman–Crippen MR) is 83.3 cm³/mol. The van der Waals surface area contributed by atoms with E-state index in [2.05, 4.69) is 64.2 Å². The molecular weight excluding hydrogens is 230 g/mol. The first kappa shape index (κ1) is 14.6. The first-order chi connectivity index (χ1) is 8.88. The minimum Gasteiger partial charge on any atom is -0.309 e. The quantitative estimate of drug-likeness (QED) is 0.807. The molecule has 0 aliphatic heterocycles.